The quantitative estimate of drug-likeness (QED) is 0.496. The lowest BCUT2D eigenvalue weighted by Crippen LogP contribution is -2.38. The van der Waals surface area contributed by atoms with Crippen molar-refractivity contribution in [3.63, 3.8) is 0 Å². The molecule has 3 aromatic rings. The minimum Gasteiger partial charge on any atom is -0.348 e. The van der Waals surface area contributed by atoms with Gasteiger partial charge in [-0.25, -0.2) is 12.8 Å². The van der Waals surface area contributed by atoms with E-state index in [4.69, 9.17) is 4.52 Å². The largest absolute Gasteiger partial charge is 0.348 e. The summed E-state index contributed by atoms with van der Waals surface area (Å²) in [5, 5.41) is 6.56. The van der Waals surface area contributed by atoms with Crippen LogP contribution in [0.15, 0.2) is 64.0 Å². The zero-order valence-corrected chi connectivity index (χ0v) is 19.5. The molecule has 0 aliphatic carbocycles. The molecule has 0 bridgehead atoms. The number of nitrogens with zero attached hydrogens (tertiary/aromatic N) is 3. The minimum atomic E-state index is -3.47. The molecule has 0 spiro atoms. The van der Waals surface area contributed by atoms with Crippen molar-refractivity contribution in [1.29, 1.82) is 0 Å². The van der Waals surface area contributed by atoms with Crippen LogP contribution in [-0.2, 0) is 22.8 Å². The number of amides is 1. The minimum absolute atomic E-state index is 0.0501. The molecule has 1 amide bonds. The van der Waals surface area contributed by atoms with Crippen molar-refractivity contribution >= 4 is 15.7 Å². The lowest BCUT2D eigenvalue weighted by atomic mass is 9.96. The molecule has 1 aliphatic heterocycles. The summed E-state index contributed by atoms with van der Waals surface area (Å²) in [6.07, 6.45) is 1.83. The number of nitrogens with one attached hydrogen (secondary N) is 1. The number of likely N-dealkylation sites (tertiary alicyclic amines) is 1. The van der Waals surface area contributed by atoms with Crippen LogP contribution < -0.4 is 5.32 Å². The van der Waals surface area contributed by atoms with Crippen LogP contribution in [0.3, 0.4) is 0 Å². The number of carbonyl (C=O) groups is 1. The second kappa shape index (κ2) is 10.9. The van der Waals surface area contributed by atoms with Gasteiger partial charge >= 0.3 is 11.8 Å². The molecule has 8 nitrogen and oxygen atoms in total. The number of rotatable bonds is 9. The van der Waals surface area contributed by atoms with Gasteiger partial charge in [0.05, 0.1) is 10.6 Å². The Hall–Kier alpha value is -3.11. The molecule has 0 radical (unpaired) electrons. The van der Waals surface area contributed by atoms with Crippen LogP contribution in [0.2, 0.25) is 0 Å². The van der Waals surface area contributed by atoms with Crippen LogP contribution in [0.5, 0.6) is 0 Å². The van der Waals surface area contributed by atoms with E-state index in [0.29, 0.717) is 24.6 Å². The van der Waals surface area contributed by atoms with Crippen molar-refractivity contribution < 1.29 is 22.1 Å². The highest BCUT2D eigenvalue weighted by molar-refractivity contribution is 7.91. The molecule has 10 heteroatoms. The highest BCUT2D eigenvalue weighted by Crippen LogP contribution is 2.19. The first-order valence-electron chi connectivity index (χ1n) is 11.2. The molecule has 180 valence electrons. The number of piperidine rings is 1. The molecular formula is C24H27FN4O4S. The Bertz CT molecular complexity index is 1210. The molecule has 4 rings (SSSR count). The third-order valence-electron chi connectivity index (χ3n) is 5.97. The molecule has 2 aromatic carbocycles. The highest BCUT2D eigenvalue weighted by Gasteiger charge is 2.23. The zero-order valence-electron chi connectivity index (χ0n) is 18.7. The number of hydrogen-bond acceptors (Lipinski definition) is 7. The summed E-state index contributed by atoms with van der Waals surface area (Å²) < 4.78 is 43.6. The molecule has 0 unspecified atom stereocenters. The molecule has 2 heterocycles. The lowest BCUT2D eigenvalue weighted by molar-refractivity contribution is 0.0891. The van der Waals surface area contributed by atoms with Crippen LogP contribution in [-0.4, -0.2) is 54.8 Å². The molecule has 1 aromatic heterocycles. The average molecular weight is 487 g/mol. The number of benzene rings is 2. The van der Waals surface area contributed by atoms with Crippen molar-refractivity contribution in [3.05, 3.63) is 77.7 Å². The van der Waals surface area contributed by atoms with E-state index in [-0.39, 0.29) is 34.6 Å². The van der Waals surface area contributed by atoms with Crippen LogP contribution >= 0.6 is 0 Å². The normalized spacial score (nSPS) is 15.3. The predicted molar refractivity (Wildman–Crippen MR) is 123 cm³/mol. The maximum Gasteiger partial charge on any atom is 0.315 e. The van der Waals surface area contributed by atoms with Gasteiger partial charge in [0.15, 0.2) is 15.7 Å². The van der Waals surface area contributed by atoms with Crippen molar-refractivity contribution in [2.45, 2.75) is 30.7 Å². The van der Waals surface area contributed by atoms with Gasteiger partial charge in [0.25, 0.3) is 0 Å². The van der Waals surface area contributed by atoms with Gasteiger partial charge in [-0.05, 0) is 50.0 Å². The Morgan fingerprint density at radius 2 is 1.79 bits per heavy atom. The summed E-state index contributed by atoms with van der Waals surface area (Å²) in [4.78, 5) is 18.9. The van der Waals surface area contributed by atoms with Crippen molar-refractivity contribution in [2.24, 2.45) is 5.92 Å². The van der Waals surface area contributed by atoms with Gasteiger partial charge in [0.2, 0.25) is 0 Å². The number of aromatic nitrogens is 2. The highest BCUT2D eigenvalue weighted by atomic mass is 32.2. The number of hydrogen-bond donors (Lipinski definition) is 1. The molecular weight excluding hydrogens is 459 g/mol. The van der Waals surface area contributed by atoms with Crippen molar-refractivity contribution in [2.75, 3.05) is 25.4 Å². The summed E-state index contributed by atoms with van der Waals surface area (Å²) in [5.74, 6) is -0.537. The molecule has 1 fully saturated rings. The van der Waals surface area contributed by atoms with Crippen LogP contribution in [0, 0.1) is 11.7 Å². The number of sulfone groups is 1. The van der Waals surface area contributed by atoms with Crippen LogP contribution in [0.25, 0.3) is 0 Å². The van der Waals surface area contributed by atoms with Crippen LogP contribution in [0.1, 0.15) is 34.9 Å². The molecule has 1 aliphatic rings. The second-order valence-corrected chi connectivity index (χ2v) is 10.5. The first kappa shape index (κ1) is 24.0. The first-order valence-corrected chi connectivity index (χ1v) is 12.9. The van der Waals surface area contributed by atoms with Gasteiger partial charge in [-0.2, -0.15) is 4.98 Å². The number of carbonyl (C=O) groups excluding carboxylic acids is 1. The molecule has 0 saturated carbocycles. The topological polar surface area (TPSA) is 105 Å². The van der Waals surface area contributed by atoms with Gasteiger partial charge in [-0.3, -0.25) is 9.69 Å². The lowest BCUT2D eigenvalue weighted by Gasteiger charge is -2.32. The molecule has 1 saturated heterocycles. The average Bonchev–Trinajstić information content (AvgIpc) is 3.34. The Morgan fingerprint density at radius 3 is 2.53 bits per heavy atom. The van der Waals surface area contributed by atoms with E-state index in [1.54, 1.807) is 30.3 Å². The Morgan fingerprint density at radius 1 is 1.09 bits per heavy atom. The van der Waals surface area contributed by atoms with E-state index in [0.717, 1.165) is 25.9 Å². The third kappa shape index (κ3) is 6.27. The summed E-state index contributed by atoms with van der Waals surface area (Å²) in [6, 6.07) is 15.0. The Labute approximate surface area is 198 Å². The maximum absolute atomic E-state index is 13.9. The smallest absolute Gasteiger partial charge is 0.315 e. The van der Waals surface area contributed by atoms with Gasteiger partial charge in [-0.1, -0.05) is 41.6 Å². The standard InChI is InChI=1S/C24H27FN4O4S/c25-21-9-5-4-6-19(21)17-29-13-10-18(11-14-29)16-26-23(30)24-27-22(28-33-24)12-15-34(31,32)20-7-2-1-3-8-20/h1-9,18H,10-17H2,(H,26,30). The van der Waals surface area contributed by atoms with Gasteiger partial charge in [0, 0.05) is 25.1 Å². The number of halogens is 1. The van der Waals surface area contributed by atoms with E-state index in [9.17, 15) is 17.6 Å². The zero-order chi connectivity index (χ0) is 24.0. The summed E-state index contributed by atoms with van der Waals surface area (Å²) in [6.45, 7) is 2.72. The first-order chi connectivity index (χ1) is 16.4. The van der Waals surface area contributed by atoms with Gasteiger partial charge < -0.3 is 9.84 Å². The molecule has 1 N–H and O–H groups in total. The van der Waals surface area contributed by atoms with Crippen LogP contribution in [0.4, 0.5) is 4.39 Å². The van der Waals surface area contributed by atoms with Crippen molar-refractivity contribution in [3.8, 4) is 0 Å². The van der Waals surface area contributed by atoms with E-state index in [1.165, 1.54) is 18.2 Å². The van der Waals surface area contributed by atoms with Gasteiger partial charge in [0.1, 0.15) is 5.82 Å². The Kier molecular flexibility index (Phi) is 7.69. The Balaban J connectivity index is 1.20. The summed E-state index contributed by atoms with van der Waals surface area (Å²) in [7, 11) is -3.47. The molecule has 34 heavy (non-hydrogen) atoms. The van der Waals surface area contributed by atoms with Crippen molar-refractivity contribution in [1.82, 2.24) is 20.4 Å². The van der Waals surface area contributed by atoms with Gasteiger partial charge in [-0.15, -0.1) is 0 Å². The van der Waals surface area contributed by atoms with E-state index < -0.39 is 15.7 Å². The van der Waals surface area contributed by atoms with E-state index >= 15 is 0 Å². The monoisotopic (exact) mass is 486 g/mol. The fourth-order valence-electron chi connectivity index (χ4n) is 3.95. The molecule has 0 atom stereocenters. The SMILES string of the molecule is O=C(NCC1CCN(Cc2ccccc2F)CC1)c1nc(CCS(=O)(=O)c2ccccc2)no1. The second-order valence-electron chi connectivity index (χ2n) is 8.42. The predicted octanol–water partition coefficient (Wildman–Crippen LogP) is 2.87. The fraction of sp³-hybridized carbons (Fsp3) is 0.375. The third-order valence-corrected chi connectivity index (χ3v) is 7.70. The summed E-state index contributed by atoms with van der Waals surface area (Å²) >= 11 is 0. The van der Waals surface area contributed by atoms with E-state index in [1.807, 2.05) is 6.07 Å². The fourth-order valence-corrected chi connectivity index (χ4v) is 5.21. The van der Waals surface area contributed by atoms with E-state index in [2.05, 4.69) is 20.4 Å². The summed E-state index contributed by atoms with van der Waals surface area (Å²) in [5.41, 5.74) is 0.693. The number of aryl methyl sites for hydroxylation is 1. The maximum atomic E-state index is 13.9.